The molecule has 2 aliphatic rings. The first-order valence-electron chi connectivity index (χ1n) is 11.6. The second-order valence-corrected chi connectivity index (χ2v) is 9.80. The van der Waals surface area contributed by atoms with E-state index in [1.54, 1.807) is 22.6 Å². The summed E-state index contributed by atoms with van der Waals surface area (Å²) >= 11 is 1.64. The van der Waals surface area contributed by atoms with Gasteiger partial charge in [0.05, 0.1) is 25.3 Å². The lowest BCUT2D eigenvalue weighted by Gasteiger charge is -2.35. The molecule has 2 aliphatic heterocycles. The topological polar surface area (TPSA) is 69.4 Å². The van der Waals surface area contributed by atoms with Crippen LogP contribution in [-0.2, 0) is 16.0 Å². The summed E-state index contributed by atoms with van der Waals surface area (Å²) in [5, 5.41) is 8.30. The Labute approximate surface area is 203 Å². The summed E-state index contributed by atoms with van der Waals surface area (Å²) in [7, 11) is 0. The molecule has 3 aromatic rings. The number of carbonyl (C=O) groups is 2. The second-order valence-electron chi connectivity index (χ2n) is 8.82. The molecule has 0 bridgehead atoms. The Morgan fingerprint density at radius 1 is 1.03 bits per heavy atom. The van der Waals surface area contributed by atoms with Crippen LogP contribution in [0.15, 0.2) is 69.7 Å². The minimum absolute atomic E-state index is 0.0283. The van der Waals surface area contributed by atoms with Crippen molar-refractivity contribution in [2.75, 3.05) is 32.7 Å². The summed E-state index contributed by atoms with van der Waals surface area (Å²) in [4.78, 5) is 31.1. The van der Waals surface area contributed by atoms with Crippen LogP contribution in [0.3, 0.4) is 0 Å². The molecule has 1 unspecified atom stereocenters. The number of amides is 2. The van der Waals surface area contributed by atoms with Gasteiger partial charge >= 0.3 is 0 Å². The van der Waals surface area contributed by atoms with E-state index in [1.807, 2.05) is 59.7 Å². The molecule has 4 heterocycles. The third-order valence-corrected chi connectivity index (χ3v) is 7.38. The number of hydrogen-bond acceptors (Lipinski definition) is 6. The van der Waals surface area contributed by atoms with Crippen LogP contribution < -0.4 is 0 Å². The van der Waals surface area contributed by atoms with Crippen molar-refractivity contribution in [3.63, 3.8) is 0 Å². The third kappa shape index (κ3) is 4.98. The predicted molar refractivity (Wildman–Crippen MR) is 132 cm³/mol. The standard InChI is InChI=1S/C26H28N4O3S/c1-19-6-8-20(9-7-19)16-25(31)29-12-10-28(11-13-29)18-26(32)30-22(24-5-3-15-34-24)17-21(27-30)23-4-2-14-33-23/h2-9,14-15,22H,10-13,16-18H2,1H3. The number of aryl methyl sites for hydroxylation is 1. The zero-order chi connectivity index (χ0) is 23.5. The molecule has 7 nitrogen and oxygen atoms in total. The van der Waals surface area contributed by atoms with E-state index in [1.165, 1.54) is 5.56 Å². The van der Waals surface area contributed by atoms with Crippen molar-refractivity contribution < 1.29 is 14.0 Å². The number of furan rings is 1. The van der Waals surface area contributed by atoms with E-state index in [0.717, 1.165) is 16.2 Å². The van der Waals surface area contributed by atoms with E-state index in [2.05, 4.69) is 16.1 Å². The molecule has 1 saturated heterocycles. The Morgan fingerprint density at radius 2 is 1.82 bits per heavy atom. The van der Waals surface area contributed by atoms with Crippen molar-refractivity contribution in [3.8, 4) is 0 Å². The molecular weight excluding hydrogens is 448 g/mol. The largest absolute Gasteiger partial charge is 0.463 e. The summed E-state index contributed by atoms with van der Waals surface area (Å²) in [5.74, 6) is 0.816. The van der Waals surface area contributed by atoms with Crippen molar-refractivity contribution in [3.05, 3.63) is 81.9 Å². The maximum Gasteiger partial charge on any atom is 0.257 e. The molecule has 34 heavy (non-hydrogen) atoms. The van der Waals surface area contributed by atoms with Crippen LogP contribution >= 0.6 is 11.3 Å². The number of piperazine rings is 1. The smallest absolute Gasteiger partial charge is 0.257 e. The average molecular weight is 477 g/mol. The first-order valence-corrected chi connectivity index (χ1v) is 12.5. The molecule has 0 aliphatic carbocycles. The van der Waals surface area contributed by atoms with Gasteiger partial charge < -0.3 is 9.32 Å². The Hall–Kier alpha value is -3.23. The number of carbonyl (C=O) groups excluding carboxylic acids is 2. The molecule has 1 fully saturated rings. The van der Waals surface area contributed by atoms with Gasteiger partial charge in [-0.3, -0.25) is 14.5 Å². The Kier molecular flexibility index (Phi) is 6.60. The van der Waals surface area contributed by atoms with E-state index in [-0.39, 0.29) is 24.4 Å². The molecule has 0 saturated carbocycles. The van der Waals surface area contributed by atoms with Crippen LogP contribution in [0.1, 0.15) is 34.2 Å². The van der Waals surface area contributed by atoms with Gasteiger partial charge in [-0.2, -0.15) is 5.10 Å². The fraction of sp³-hybridized carbons (Fsp3) is 0.346. The molecule has 2 amide bonds. The molecule has 5 rings (SSSR count). The highest BCUT2D eigenvalue weighted by atomic mass is 32.1. The normalized spacial score (nSPS) is 18.9. The van der Waals surface area contributed by atoms with Gasteiger partial charge in [-0.1, -0.05) is 35.9 Å². The van der Waals surface area contributed by atoms with Crippen molar-refractivity contribution in [1.82, 2.24) is 14.8 Å². The van der Waals surface area contributed by atoms with Gasteiger partial charge in [-0.25, -0.2) is 5.01 Å². The third-order valence-electron chi connectivity index (χ3n) is 6.40. The molecule has 176 valence electrons. The summed E-state index contributed by atoms with van der Waals surface area (Å²) < 4.78 is 5.53. The van der Waals surface area contributed by atoms with Crippen LogP contribution in [0.2, 0.25) is 0 Å². The highest BCUT2D eigenvalue weighted by Crippen LogP contribution is 2.35. The van der Waals surface area contributed by atoms with Crippen molar-refractivity contribution in [2.45, 2.75) is 25.8 Å². The van der Waals surface area contributed by atoms with Crippen LogP contribution in [-0.4, -0.2) is 65.1 Å². The van der Waals surface area contributed by atoms with Crippen LogP contribution in [0.25, 0.3) is 0 Å². The summed E-state index contributed by atoms with van der Waals surface area (Å²) in [5.41, 5.74) is 3.02. The quantitative estimate of drug-likeness (QED) is 0.544. The van der Waals surface area contributed by atoms with Gasteiger partial charge in [0.2, 0.25) is 5.91 Å². The van der Waals surface area contributed by atoms with Gasteiger partial charge in [0, 0.05) is 37.5 Å². The molecule has 1 atom stereocenters. The maximum atomic E-state index is 13.3. The SMILES string of the molecule is Cc1ccc(CC(=O)N2CCN(CC(=O)N3N=C(c4ccco4)CC3c3cccs3)CC2)cc1. The lowest BCUT2D eigenvalue weighted by atomic mass is 10.1. The van der Waals surface area contributed by atoms with Gasteiger partial charge in [-0.05, 0) is 36.1 Å². The Morgan fingerprint density at radius 3 is 2.50 bits per heavy atom. The van der Waals surface area contributed by atoms with Gasteiger partial charge in [0.15, 0.2) is 0 Å². The first-order chi connectivity index (χ1) is 16.6. The van der Waals surface area contributed by atoms with Gasteiger partial charge in [0.25, 0.3) is 5.91 Å². The van der Waals surface area contributed by atoms with E-state index in [0.29, 0.717) is 44.8 Å². The minimum atomic E-state index is -0.107. The highest BCUT2D eigenvalue weighted by molar-refractivity contribution is 7.10. The van der Waals surface area contributed by atoms with Crippen LogP contribution in [0.5, 0.6) is 0 Å². The number of hydrazone groups is 1. The van der Waals surface area contributed by atoms with Crippen molar-refractivity contribution in [2.24, 2.45) is 5.10 Å². The Balaban J connectivity index is 1.18. The van der Waals surface area contributed by atoms with Crippen LogP contribution in [0.4, 0.5) is 0 Å². The van der Waals surface area contributed by atoms with Crippen molar-refractivity contribution >= 4 is 28.9 Å². The fourth-order valence-corrected chi connectivity index (χ4v) is 5.26. The number of hydrogen-bond donors (Lipinski definition) is 0. The van der Waals surface area contributed by atoms with Gasteiger partial charge in [0.1, 0.15) is 11.5 Å². The number of rotatable bonds is 6. The zero-order valence-electron chi connectivity index (χ0n) is 19.2. The molecule has 1 aromatic carbocycles. The fourth-order valence-electron chi connectivity index (χ4n) is 4.45. The van der Waals surface area contributed by atoms with E-state index >= 15 is 0 Å². The summed E-state index contributed by atoms with van der Waals surface area (Å²) in [6, 6.07) is 15.8. The molecule has 0 spiro atoms. The highest BCUT2D eigenvalue weighted by Gasteiger charge is 2.35. The zero-order valence-corrected chi connectivity index (χ0v) is 20.0. The van der Waals surface area contributed by atoms with Gasteiger partial charge in [-0.15, -0.1) is 11.3 Å². The van der Waals surface area contributed by atoms with Crippen molar-refractivity contribution in [1.29, 1.82) is 0 Å². The summed E-state index contributed by atoms with van der Waals surface area (Å²) in [6.45, 7) is 4.95. The summed E-state index contributed by atoms with van der Waals surface area (Å²) in [6.07, 6.45) is 2.68. The average Bonchev–Trinajstić information content (AvgIpc) is 3.62. The molecular formula is C26H28N4O3S. The maximum absolute atomic E-state index is 13.3. The predicted octanol–water partition coefficient (Wildman–Crippen LogP) is 3.71. The number of nitrogens with zero attached hydrogens (tertiary/aromatic N) is 4. The Bertz CT molecular complexity index is 1150. The van der Waals surface area contributed by atoms with E-state index in [9.17, 15) is 9.59 Å². The molecule has 0 radical (unpaired) electrons. The van der Waals surface area contributed by atoms with Crippen LogP contribution in [0, 0.1) is 6.92 Å². The number of thiophene rings is 1. The monoisotopic (exact) mass is 476 g/mol. The molecule has 2 aromatic heterocycles. The lowest BCUT2D eigenvalue weighted by molar-refractivity contribution is -0.136. The van der Waals surface area contributed by atoms with E-state index < -0.39 is 0 Å². The molecule has 8 heteroatoms. The molecule has 0 N–H and O–H groups in total. The second kappa shape index (κ2) is 9.95. The first kappa shape index (κ1) is 22.6. The lowest BCUT2D eigenvalue weighted by Crippen LogP contribution is -2.51. The minimum Gasteiger partial charge on any atom is -0.463 e. The number of benzene rings is 1. The van der Waals surface area contributed by atoms with E-state index in [4.69, 9.17) is 4.42 Å².